The van der Waals surface area contributed by atoms with Gasteiger partial charge in [-0.2, -0.15) is 0 Å². The van der Waals surface area contributed by atoms with Crippen molar-refractivity contribution in [1.29, 1.82) is 0 Å². The van der Waals surface area contributed by atoms with Crippen LogP contribution in [-0.4, -0.2) is 40.8 Å². The Morgan fingerprint density at radius 1 is 1.26 bits per heavy atom. The quantitative estimate of drug-likeness (QED) is 0.841. The third-order valence-corrected chi connectivity index (χ3v) is 3.50. The van der Waals surface area contributed by atoms with Crippen molar-refractivity contribution >= 4 is 17.7 Å². The van der Waals surface area contributed by atoms with E-state index in [0.717, 1.165) is 11.3 Å². The molecule has 1 aromatic rings. The summed E-state index contributed by atoms with van der Waals surface area (Å²) in [5, 5.41) is 0. The molecule has 1 aliphatic heterocycles. The van der Waals surface area contributed by atoms with Gasteiger partial charge in [0.15, 0.2) is 0 Å². The van der Waals surface area contributed by atoms with Crippen molar-refractivity contribution in [3.8, 4) is 0 Å². The number of benzene rings is 1. The van der Waals surface area contributed by atoms with Gasteiger partial charge in [-0.25, -0.2) is 9.69 Å². The third-order valence-electron chi connectivity index (χ3n) is 3.50. The fourth-order valence-electron chi connectivity index (χ4n) is 2.61. The van der Waals surface area contributed by atoms with Crippen LogP contribution in [0.4, 0.5) is 4.79 Å². The van der Waals surface area contributed by atoms with Crippen molar-refractivity contribution in [1.82, 2.24) is 4.90 Å². The van der Waals surface area contributed by atoms with Gasteiger partial charge >= 0.3 is 6.09 Å². The van der Waals surface area contributed by atoms with E-state index in [9.17, 15) is 9.59 Å². The van der Waals surface area contributed by atoms with Crippen molar-refractivity contribution in [2.45, 2.75) is 46.3 Å². The second kappa shape index (κ2) is 6.52. The van der Waals surface area contributed by atoms with E-state index in [2.05, 4.69) is 4.99 Å². The summed E-state index contributed by atoms with van der Waals surface area (Å²) in [5.41, 5.74) is 1.03. The lowest BCUT2D eigenvalue weighted by Gasteiger charge is -2.37. The van der Waals surface area contributed by atoms with Crippen LogP contribution in [0.15, 0.2) is 35.3 Å². The molecule has 1 heterocycles. The van der Waals surface area contributed by atoms with E-state index in [4.69, 9.17) is 4.74 Å². The number of hydrogen-bond acceptors (Lipinski definition) is 4. The smallest absolute Gasteiger partial charge is 0.417 e. The monoisotopic (exact) mass is 316 g/mol. The second-order valence-corrected chi connectivity index (χ2v) is 7.00. The zero-order valence-corrected chi connectivity index (χ0v) is 14.4. The maximum atomic E-state index is 12.5. The topological polar surface area (TPSA) is 59.0 Å². The summed E-state index contributed by atoms with van der Waals surface area (Å²) in [6.45, 7) is 9.27. The Morgan fingerprint density at radius 3 is 2.39 bits per heavy atom. The molecule has 0 bridgehead atoms. The van der Waals surface area contributed by atoms with Crippen LogP contribution in [0.25, 0.3) is 0 Å². The van der Waals surface area contributed by atoms with Crippen LogP contribution in [0.1, 0.15) is 40.2 Å². The summed E-state index contributed by atoms with van der Waals surface area (Å²) in [6, 6.07) is 9.23. The SMILES string of the molecule is CC(C)C1C(c2ccccc2)=NCC(=O)N1C(=O)OC(C)(C)C. The minimum atomic E-state index is -0.652. The lowest BCUT2D eigenvalue weighted by Crippen LogP contribution is -2.56. The molecule has 1 atom stereocenters. The molecular formula is C18H24N2O3. The molecule has 2 amide bonds. The molecule has 0 saturated heterocycles. The van der Waals surface area contributed by atoms with Crippen molar-refractivity contribution in [3.05, 3.63) is 35.9 Å². The predicted molar refractivity (Wildman–Crippen MR) is 89.6 cm³/mol. The average Bonchev–Trinajstić information content (AvgIpc) is 2.45. The molecule has 0 N–H and O–H groups in total. The summed E-state index contributed by atoms with van der Waals surface area (Å²) < 4.78 is 5.42. The molecule has 0 aliphatic carbocycles. The summed E-state index contributed by atoms with van der Waals surface area (Å²) in [7, 11) is 0. The molecule has 5 nitrogen and oxygen atoms in total. The maximum absolute atomic E-state index is 12.5. The van der Waals surface area contributed by atoms with Crippen molar-refractivity contribution in [2.75, 3.05) is 6.54 Å². The molecule has 1 aromatic carbocycles. The number of nitrogens with zero attached hydrogens (tertiary/aromatic N) is 2. The Hall–Kier alpha value is -2.17. The number of rotatable bonds is 2. The highest BCUT2D eigenvalue weighted by atomic mass is 16.6. The van der Waals surface area contributed by atoms with Crippen LogP contribution >= 0.6 is 0 Å². The maximum Gasteiger partial charge on any atom is 0.417 e. The number of carbonyl (C=O) groups is 2. The summed E-state index contributed by atoms with van der Waals surface area (Å²) in [4.78, 5) is 30.5. The van der Waals surface area contributed by atoms with Gasteiger partial charge in [-0.3, -0.25) is 9.79 Å². The Bertz CT molecular complexity index is 615. The first-order valence-electron chi connectivity index (χ1n) is 7.85. The van der Waals surface area contributed by atoms with Crippen LogP contribution in [0.2, 0.25) is 0 Å². The molecule has 0 saturated carbocycles. The Labute approximate surface area is 137 Å². The number of imide groups is 1. The second-order valence-electron chi connectivity index (χ2n) is 7.00. The number of amides is 2. The molecule has 2 rings (SSSR count). The number of aliphatic imine (C=N–C) groups is 1. The highest BCUT2D eigenvalue weighted by Gasteiger charge is 2.40. The fraction of sp³-hybridized carbons (Fsp3) is 0.500. The van der Waals surface area contributed by atoms with Crippen LogP contribution < -0.4 is 0 Å². The first-order valence-corrected chi connectivity index (χ1v) is 7.85. The first-order chi connectivity index (χ1) is 10.7. The zero-order chi connectivity index (χ0) is 17.2. The third kappa shape index (κ3) is 3.97. The number of ether oxygens (including phenoxy) is 1. The van der Waals surface area contributed by atoms with E-state index >= 15 is 0 Å². The van der Waals surface area contributed by atoms with Gasteiger partial charge in [-0.1, -0.05) is 44.2 Å². The van der Waals surface area contributed by atoms with Gasteiger partial charge in [0.1, 0.15) is 12.1 Å². The molecule has 0 spiro atoms. The van der Waals surface area contributed by atoms with Crippen LogP contribution in [0, 0.1) is 5.92 Å². The van der Waals surface area contributed by atoms with Crippen molar-refractivity contribution in [2.24, 2.45) is 10.9 Å². The number of carbonyl (C=O) groups excluding carboxylic acids is 2. The minimum absolute atomic E-state index is 0.0331. The fourth-order valence-corrected chi connectivity index (χ4v) is 2.61. The molecule has 0 aromatic heterocycles. The van der Waals surface area contributed by atoms with E-state index in [0.29, 0.717) is 0 Å². The molecule has 0 radical (unpaired) electrons. The standard InChI is InChI=1S/C18H24N2O3/c1-12(2)16-15(13-9-7-6-8-10-13)19-11-14(21)20(16)17(22)23-18(3,4)5/h6-10,12,16H,11H2,1-5H3. The first kappa shape index (κ1) is 17.2. The van der Waals surface area contributed by atoms with Crippen molar-refractivity contribution < 1.29 is 14.3 Å². The average molecular weight is 316 g/mol. The molecular weight excluding hydrogens is 292 g/mol. The van der Waals surface area contributed by atoms with Gasteiger partial charge in [0, 0.05) is 0 Å². The van der Waals surface area contributed by atoms with E-state index in [1.165, 1.54) is 4.90 Å². The molecule has 23 heavy (non-hydrogen) atoms. The largest absolute Gasteiger partial charge is 0.443 e. The molecule has 1 aliphatic rings. The summed E-state index contributed by atoms with van der Waals surface area (Å²) in [5.74, 6) is -0.289. The summed E-state index contributed by atoms with van der Waals surface area (Å²) >= 11 is 0. The Balaban J connectivity index is 2.40. The highest BCUT2D eigenvalue weighted by Crippen LogP contribution is 2.24. The molecule has 1 unspecified atom stereocenters. The highest BCUT2D eigenvalue weighted by molar-refractivity contribution is 6.12. The normalized spacial score (nSPS) is 18.9. The van der Waals surface area contributed by atoms with Crippen LogP contribution in [-0.2, 0) is 9.53 Å². The van der Waals surface area contributed by atoms with Gasteiger partial charge in [-0.05, 0) is 32.3 Å². The molecule has 124 valence electrons. The van der Waals surface area contributed by atoms with Crippen LogP contribution in [0.5, 0.6) is 0 Å². The van der Waals surface area contributed by atoms with Gasteiger partial charge in [0.25, 0.3) is 5.91 Å². The lowest BCUT2D eigenvalue weighted by molar-refractivity contribution is -0.131. The Morgan fingerprint density at radius 2 is 1.87 bits per heavy atom. The van der Waals surface area contributed by atoms with Crippen LogP contribution in [0.3, 0.4) is 0 Å². The van der Waals surface area contributed by atoms with Gasteiger partial charge < -0.3 is 4.74 Å². The molecule has 0 fully saturated rings. The molecule has 5 heteroatoms. The Kier molecular flexibility index (Phi) is 4.88. The van der Waals surface area contributed by atoms with E-state index < -0.39 is 17.7 Å². The minimum Gasteiger partial charge on any atom is -0.443 e. The van der Waals surface area contributed by atoms with Crippen molar-refractivity contribution in [3.63, 3.8) is 0 Å². The zero-order valence-electron chi connectivity index (χ0n) is 14.4. The number of hydrogen-bond donors (Lipinski definition) is 0. The van der Waals surface area contributed by atoms with Gasteiger partial charge in [0.2, 0.25) is 0 Å². The lowest BCUT2D eigenvalue weighted by atomic mass is 9.91. The van der Waals surface area contributed by atoms with Gasteiger partial charge in [0.05, 0.1) is 11.8 Å². The van der Waals surface area contributed by atoms with Gasteiger partial charge in [-0.15, -0.1) is 0 Å². The van der Waals surface area contributed by atoms with E-state index in [1.54, 1.807) is 20.8 Å². The predicted octanol–water partition coefficient (Wildman–Crippen LogP) is 3.28. The summed E-state index contributed by atoms with van der Waals surface area (Å²) in [6.07, 6.45) is -0.607. The van der Waals surface area contributed by atoms with E-state index in [-0.39, 0.29) is 18.4 Å². The van der Waals surface area contributed by atoms with E-state index in [1.807, 2.05) is 44.2 Å².